The Morgan fingerprint density at radius 3 is 2.39 bits per heavy atom. The van der Waals surface area contributed by atoms with Crippen molar-refractivity contribution < 1.29 is 32.5 Å². The summed E-state index contributed by atoms with van der Waals surface area (Å²) in [5, 5.41) is 9.03. The van der Waals surface area contributed by atoms with E-state index in [9.17, 15) is 23.1 Å². The van der Waals surface area contributed by atoms with Crippen molar-refractivity contribution in [2.75, 3.05) is 0 Å². The van der Waals surface area contributed by atoms with Gasteiger partial charge in [-0.25, -0.2) is 4.79 Å². The molecule has 3 rings (SSSR count). The highest BCUT2D eigenvalue weighted by atomic mass is 35.5. The zero-order valence-electron chi connectivity index (χ0n) is 14.3. The van der Waals surface area contributed by atoms with Gasteiger partial charge in [0.2, 0.25) is 6.10 Å². The second-order valence-corrected chi connectivity index (χ2v) is 6.77. The number of hydrogen-bond acceptors (Lipinski definition) is 3. The van der Waals surface area contributed by atoms with Crippen LogP contribution in [0.3, 0.4) is 0 Å². The molecule has 1 heterocycles. The Labute approximate surface area is 168 Å². The lowest BCUT2D eigenvalue weighted by atomic mass is 10.0. The Morgan fingerprint density at radius 1 is 1.21 bits per heavy atom. The minimum absolute atomic E-state index is 0.00151. The second kappa shape index (κ2) is 7.56. The smallest absolute Gasteiger partial charge is 0.430 e. The zero-order chi connectivity index (χ0) is 20.6. The van der Waals surface area contributed by atoms with Crippen molar-refractivity contribution in [1.82, 2.24) is 0 Å². The molecule has 148 valence electrons. The molecule has 2 aromatic rings. The average molecular weight is 433 g/mol. The highest BCUT2D eigenvalue weighted by molar-refractivity contribution is 6.37. The Morgan fingerprint density at radius 2 is 1.86 bits per heavy atom. The number of carboxylic acid groups (broad SMARTS) is 1. The monoisotopic (exact) mass is 432 g/mol. The number of ether oxygens (including phenoxy) is 2. The van der Waals surface area contributed by atoms with Crippen LogP contribution in [0.1, 0.15) is 18.1 Å². The third kappa shape index (κ3) is 3.91. The van der Waals surface area contributed by atoms with Gasteiger partial charge in [-0.15, -0.1) is 0 Å². The van der Waals surface area contributed by atoms with Gasteiger partial charge in [0.1, 0.15) is 11.5 Å². The summed E-state index contributed by atoms with van der Waals surface area (Å²) in [5.74, 6) is -1.81. The summed E-state index contributed by atoms with van der Waals surface area (Å²) in [5.41, 5.74) is -0.0134. The molecule has 1 aliphatic rings. The van der Waals surface area contributed by atoms with E-state index >= 15 is 0 Å². The van der Waals surface area contributed by atoms with Crippen LogP contribution in [0.5, 0.6) is 17.2 Å². The third-order valence-electron chi connectivity index (χ3n) is 4.09. The van der Waals surface area contributed by atoms with E-state index in [2.05, 4.69) is 0 Å². The van der Waals surface area contributed by atoms with Crippen molar-refractivity contribution in [2.45, 2.75) is 25.6 Å². The summed E-state index contributed by atoms with van der Waals surface area (Å²) in [6, 6.07) is 8.16. The molecule has 0 saturated carbocycles. The first-order chi connectivity index (χ1) is 13.1. The fourth-order valence-electron chi connectivity index (χ4n) is 2.70. The van der Waals surface area contributed by atoms with E-state index in [0.29, 0.717) is 5.75 Å². The van der Waals surface area contributed by atoms with E-state index < -0.39 is 23.8 Å². The van der Waals surface area contributed by atoms with Crippen molar-refractivity contribution in [3.63, 3.8) is 0 Å². The van der Waals surface area contributed by atoms with E-state index in [1.54, 1.807) is 12.1 Å². The number of rotatable bonds is 4. The van der Waals surface area contributed by atoms with E-state index in [1.807, 2.05) is 19.1 Å². The van der Waals surface area contributed by atoms with Gasteiger partial charge < -0.3 is 14.6 Å². The maximum Gasteiger partial charge on any atom is 0.430 e. The molecule has 0 aliphatic carbocycles. The molecule has 0 fully saturated rings. The molecule has 1 aliphatic heterocycles. The number of aliphatic carboxylic acids is 1. The Bertz CT molecular complexity index is 953. The van der Waals surface area contributed by atoms with E-state index in [-0.39, 0.29) is 27.1 Å². The molecule has 4 nitrogen and oxygen atoms in total. The number of halogens is 5. The highest BCUT2D eigenvalue weighted by Gasteiger charge is 2.49. The number of carboxylic acids is 1. The molecule has 9 heteroatoms. The maximum absolute atomic E-state index is 13.2. The maximum atomic E-state index is 13.2. The van der Waals surface area contributed by atoms with E-state index in [1.165, 1.54) is 6.07 Å². The number of hydrogen-bond donors (Lipinski definition) is 1. The van der Waals surface area contributed by atoms with Gasteiger partial charge in [0.25, 0.3) is 0 Å². The van der Waals surface area contributed by atoms with E-state index in [0.717, 1.165) is 18.1 Å². The Balaban J connectivity index is 2.12. The number of benzene rings is 2. The average Bonchev–Trinajstić information content (AvgIpc) is 2.63. The summed E-state index contributed by atoms with van der Waals surface area (Å²) >= 11 is 12.2. The fourth-order valence-corrected chi connectivity index (χ4v) is 3.26. The lowest BCUT2D eigenvalue weighted by Crippen LogP contribution is -2.40. The van der Waals surface area contributed by atoms with Gasteiger partial charge in [-0.05, 0) is 36.3 Å². The first kappa shape index (κ1) is 20.4. The SMILES string of the molecule is CCc1ccc(Oc2c(Cl)cc(Cl)c3c2C=C(C(=O)O)C(C(F)(F)F)O3)cc1. The number of aryl methyl sites for hydroxylation is 1. The molecule has 0 spiro atoms. The Hall–Kier alpha value is -2.38. The molecule has 2 aromatic carbocycles. The van der Waals surface area contributed by atoms with Crippen LogP contribution in [-0.4, -0.2) is 23.4 Å². The molecule has 0 saturated heterocycles. The van der Waals surface area contributed by atoms with Crippen LogP contribution >= 0.6 is 23.2 Å². The fraction of sp³-hybridized carbons (Fsp3) is 0.211. The third-order valence-corrected chi connectivity index (χ3v) is 4.65. The van der Waals surface area contributed by atoms with Crippen LogP contribution in [0.25, 0.3) is 6.08 Å². The lowest BCUT2D eigenvalue weighted by Gasteiger charge is -2.28. The van der Waals surface area contributed by atoms with E-state index in [4.69, 9.17) is 32.7 Å². The van der Waals surface area contributed by atoms with Gasteiger partial charge in [-0.1, -0.05) is 42.3 Å². The normalized spacial score (nSPS) is 16.1. The number of alkyl halides is 3. The lowest BCUT2D eigenvalue weighted by molar-refractivity contribution is -0.187. The van der Waals surface area contributed by atoms with Crippen LogP contribution in [-0.2, 0) is 11.2 Å². The molecular weight excluding hydrogens is 420 g/mol. The molecule has 0 bridgehead atoms. The second-order valence-electron chi connectivity index (χ2n) is 5.96. The van der Waals surface area contributed by atoms with Crippen LogP contribution in [0, 0.1) is 0 Å². The highest BCUT2D eigenvalue weighted by Crippen LogP contribution is 2.48. The van der Waals surface area contributed by atoms with Gasteiger partial charge >= 0.3 is 12.1 Å². The molecule has 0 amide bonds. The number of carbonyl (C=O) groups is 1. The summed E-state index contributed by atoms with van der Waals surface area (Å²) < 4.78 is 50.4. The minimum atomic E-state index is -4.94. The van der Waals surface area contributed by atoms with Crippen LogP contribution in [0.2, 0.25) is 10.0 Å². The van der Waals surface area contributed by atoms with Crippen LogP contribution in [0.4, 0.5) is 13.2 Å². The van der Waals surface area contributed by atoms with Gasteiger partial charge in [0, 0.05) is 0 Å². The van der Waals surface area contributed by atoms with Crippen molar-refractivity contribution in [2.24, 2.45) is 0 Å². The van der Waals surface area contributed by atoms with Gasteiger partial charge in [0.15, 0.2) is 5.75 Å². The summed E-state index contributed by atoms with van der Waals surface area (Å²) in [4.78, 5) is 11.4. The van der Waals surface area contributed by atoms with Crippen LogP contribution in [0.15, 0.2) is 35.9 Å². The zero-order valence-corrected chi connectivity index (χ0v) is 15.8. The summed E-state index contributed by atoms with van der Waals surface area (Å²) in [6.45, 7) is 1.98. The molecule has 1 atom stereocenters. The molecule has 1 unspecified atom stereocenters. The largest absolute Gasteiger partial charge is 0.478 e. The van der Waals surface area contributed by atoms with Crippen molar-refractivity contribution >= 4 is 35.2 Å². The standard InChI is InChI=1S/C19H13Cl2F3O4/c1-2-9-3-5-10(6-4-9)27-15-11-7-12(18(25)26)17(19(22,23)24)28-16(11)14(21)8-13(15)20/h3-8,17H,2H2,1H3,(H,25,26). The molecule has 0 radical (unpaired) electrons. The van der Waals surface area contributed by atoms with Gasteiger partial charge in [-0.2, -0.15) is 13.2 Å². The summed E-state index contributed by atoms with van der Waals surface area (Å²) in [6.07, 6.45) is -5.96. The minimum Gasteiger partial charge on any atom is -0.478 e. The Kier molecular flexibility index (Phi) is 5.50. The first-order valence-electron chi connectivity index (χ1n) is 8.08. The summed E-state index contributed by atoms with van der Waals surface area (Å²) in [7, 11) is 0. The molecular formula is C19H13Cl2F3O4. The van der Waals surface area contributed by atoms with Gasteiger partial charge in [0.05, 0.1) is 21.2 Å². The topological polar surface area (TPSA) is 55.8 Å². The predicted molar refractivity (Wildman–Crippen MR) is 98.4 cm³/mol. The predicted octanol–water partition coefficient (Wildman–Crippen LogP) is 6.14. The van der Waals surface area contributed by atoms with Gasteiger partial charge in [-0.3, -0.25) is 0 Å². The molecule has 0 aromatic heterocycles. The molecule has 1 N–H and O–H groups in total. The van der Waals surface area contributed by atoms with Crippen molar-refractivity contribution in [3.05, 3.63) is 57.1 Å². The first-order valence-corrected chi connectivity index (χ1v) is 8.84. The van der Waals surface area contributed by atoms with Crippen LogP contribution < -0.4 is 9.47 Å². The van der Waals surface area contributed by atoms with Crippen molar-refractivity contribution in [1.29, 1.82) is 0 Å². The number of fused-ring (bicyclic) bond motifs is 1. The quantitative estimate of drug-likeness (QED) is 0.630. The molecule has 28 heavy (non-hydrogen) atoms. The van der Waals surface area contributed by atoms with Crippen molar-refractivity contribution in [3.8, 4) is 17.2 Å².